The molecule has 3 aliphatic heterocycles. The molecule has 0 aliphatic carbocycles. The molecule has 0 spiro atoms. The summed E-state index contributed by atoms with van der Waals surface area (Å²) >= 11 is 0. The number of benzene rings is 1. The molecule has 9 nitrogen and oxygen atoms in total. The number of nitrogens with zero attached hydrogens (tertiary/aromatic N) is 6. The van der Waals surface area contributed by atoms with Gasteiger partial charge >= 0.3 is 0 Å². The van der Waals surface area contributed by atoms with E-state index in [1.165, 1.54) is 11.9 Å². The Morgan fingerprint density at radius 3 is 2.81 bits per heavy atom. The van der Waals surface area contributed by atoms with Gasteiger partial charge in [0.2, 0.25) is 11.8 Å². The van der Waals surface area contributed by atoms with Gasteiger partial charge in [0.05, 0.1) is 6.54 Å². The third kappa shape index (κ3) is 4.19. The Morgan fingerprint density at radius 2 is 2.00 bits per heavy atom. The minimum atomic E-state index is -0.388. The zero-order valence-corrected chi connectivity index (χ0v) is 17.6. The SMILES string of the molecule is O=C(NCCn1cnnn1)[C@H]1[C@H]2C[C@H](CN(Cc3ccccc3)C2)[C@@H]2CCCC(=O)N21. The lowest BCUT2D eigenvalue weighted by molar-refractivity contribution is -0.160. The number of amides is 2. The summed E-state index contributed by atoms with van der Waals surface area (Å²) in [4.78, 5) is 30.6. The molecule has 4 atom stereocenters. The summed E-state index contributed by atoms with van der Waals surface area (Å²) in [6, 6.07) is 10.3. The van der Waals surface area contributed by atoms with Crippen LogP contribution in [0, 0.1) is 11.8 Å². The molecule has 9 heteroatoms. The highest BCUT2D eigenvalue weighted by Crippen LogP contribution is 2.42. The Balaban J connectivity index is 1.32. The van der Waals surface area contributed by atoms with Crippen LogP contribution in [0.15, 0.2) is 36.7 Å². The molecule has 164 valence electrons. The highest BCUT2D eigenvalue weighted by atomic mass is 16.2. The molecule has 4 heterocycles. The molecule has 3 aliphatic rings. The van der Waals surface area contributed by atoms with E-state index in [4.69, 9.17) is 0 Å². The third-order valence-electron chi connectivity index (χ3n) is 6.97. The molecule has 3 saturated heterocycles. The monoisotopic (exact) mass is 423 g/mol. The fourth-order valence-electron chi connectivity index (χ4n) is 5.74. The van der Waals surface area contributed by atoms with Crippen molar-refractivity contribution in [2.24, 2.45) is 11.8 Å². The van der Waals surface area contributed by atoms with Gasteiger partial charge in [0.25, 0.3) is 0 Å². The average molecular weight is 424 g/mol. The van der Waals surface area contributed by atoms with Crippen molar-refractivity contribution in [3.8, 4) is 0 Å². The number of tetrazole rings is 1. The number of carbonyl (C=O) groups excluding carboxylic acids is 2. The first-order chi connectivity index (χ1) is 15.2. The number of hydrogen-bond acceptors (Lipinski definition) is 6. The van der Waals surface area contributed by atoms with Gasteiger partial charge in [0.15, 0.2) is 0 Å². The summed E-state index contributed by atoms with van der Waals surface area (Å²) < 4.78 is 1.59. The normalized spacial score (nSPS) is 28.3. The van der Waals surface area contributed by atoms with Crippen molar-refractivity contribution in [1.29, 1.82) is 0 Å². The van der Waals surface area contributed by atoms with Crippen LogP contribution in [0.25, 0.3) is 0 Å². The first-order valence-corrected chi connectivity index (χ1v) is 11.2. The highest BCUT2D eigenvalue weighted by Gasteiger charge is 2.51. The Bertz CT molecular complexity index is 904. The second-order valence-corrected chi connectivity index (χ2v) is 9.00. The molecule has 0 unspecified atom stereocenters. The summed E-state index contributed by atoms with van der Waals surface area (Å²) in [5, 5.41) is 14.1. The van der Waals surface area contributed by atoms with Crippen molar-refractivity contribution in [3.05, 3.63) is 42.2 Å². The first-order valence-electron chi connectivity index (χ1n) is 11.2. The molecular weight excluding hydrogens is 394 g/mol. The van der Waals surface area contributed by atoms with Gasteiger partial charge in [-0.05, 0) is 41.2 Å². The lowest BCUT2D eigenvalue weighted by Crippen LogP contribution is -2.68. The van der Waals surface area contributed by atoms with Gasteiger partial charge < -0.3 is 10.2 Å². The Kier molecular flexibility index (Phi) is 5.67. The van der Waals surface area contributed by atoms with Crippen LogP contribution in [-0.4, -0.2) is 73.5 Å². The van der Waals surface area contributed by atoms with Gasteiger partial charge in [-0.3, -0.25) is 14.5 Å². The van der Waals surface area contributed by atoms with Gasteiger partial charge in [-0.25, -0.2) is 4.68 Å². The maximum absolute atomic E-state index is 13.3. The smallest absolute Gasteiger partial charge is 0.243 e. The molecule has 1 aromatic heterocycles. The van der Waals surface area contributed by atoms with Crippen LogP contribution < -0.4 is 5.32 Å². The summed E-state index contributed by atoms with van der Waals surface area (Å²) in [6.45, 7) is 3.68. The Labute approximate surface area is 181 Å². The van der Waals surface area contributed by atoms with Crippen LogP contribution in [0.4, 0.5) is 0 Å². The number of aromatic nitrogens is 4. The molecule has 2 aromatic rings. The lowest BCUT2D eigenvalue weighted by atomic mass is 9.71. The van der Waals surface area contributed by atoms with E-state index in [-0.39, 0.29) is 29.8 Å². The number of carbonyl (C=O) groups is 2. The van der Waals surface area contributed by atoms with Crippen LogP contribution in [0.5, 0.6) is 0 Å². The predicted octanol–water partition coefficient (Wildman–Crippen LogP) is 0.691. The van der Waals surface area contributed by atoms with Gasteiger partial charge in [-0.15, -0.1) is 5.10 Å². The zero-order valence-electron chi connectivity index (χ0n) is 17.6. The van der Waals surface area contributed by atoms with E-state index in [0.29, 0.717) is 25.4 Å². The van der Waals surface area contributed by atoms with Crippen molar-refractivity contribution in [1.82, 2.24) is 35.3 Å². The molecule has 31 heavy (non-hydrogen) atoms. The molecule has 1 aromatic carbocycles. The Morgan fingerprint density at radius 1 is 1.16 bits per heavy atom. The van der Waals surface area contributed by atoms with E-state index < -0.39 is 0 Å². The summed E-state index contributed by atoms with van der Waals surface area (Å²) in [5.74, 6) is 0.701. The summed E-state index contributed by atoms with van der Waals surface area (Å²) in [7, 11) is 0. The van der Waals surface area contributed by atoms with Crippen molar-refractivity contribution in [2.75, 3.05) is 19.6 Å². The van der Waals surface area contributed by atoms with E-state index >= 15 is 0 Å². The fourth-order valence-corrected chi connectivity index (χ4v) is 5.74. The summed E-state index contributed by atoms with van der Waals surface area (Å²) in [6.07, 6.45) is 5.03. The van der Waals surface area contributed by atoms with Crippen LogP contribution in [0.3, 0.4) is 0 Å². The fraction of sp³-hybridized carbons (Fsp3) is 0.591. The standard InChI is InChI=1S/C22H29N7O2/c30-20-8-4-7-19-17-11-18(14-27(13-17)12-16-5-2-1-3-6-16)21(29(19)20)22(31)23-9-10-28-15-24-25-26-28/h1-3,5-6,15,17-19,21H,4,7-14H2,(H,23,31)/t17-,18+,19+,21-/m1/s1. The number of nitrogens with one attached hydrogen (secondary N) is 1. The van der Waals surface area contributed by atoms with Crippen molar-refractivity contribution >= 4 is 11.8 Å². The number of rotatable bonds is 6. The second-order valence-electron chi connectivity index (χ2n) is 9.00. The lowest BCUT2D eigenvalue weighted by Gasteiger charge is -2.56. The number of piperidine rings is 3. The number of likely N-dealkylation sites (tertiary alicyclic amines) is 1. The molecule has 0 saturated carbocycles. The highest BCUT2D eigenvalue weighted by molar-refractivity contribution is 5.89. The molecule has 2 bridgehead atoms. The molecule has 5 rings (SSSR count). The third-order valence-corrected chi connectivity index (χ3v) is 6.97. The predicted molar refractivity (Wildman–Crippen MR) is 112 cm³/mol. The Hall–Kier alpha value is -2.81. The van der Waals surface area contributed by atoms with E-state index in [0.717, 1.165) is 38.9 Å². The van der Waals surface area contributed by atoms with Gasteiger partial charge in [0, 0.05) is 44.6 Å². The van der Waals surface area contributed by atoms with Crippen LogP contribution >= 0.6 is 0 Å². The first kappa shape index (κ1) is 20.1. The maximum atomic E-state index is 13.3. The van der Waals surface area contributed by atoms with Crippen molar-refractivity contribution in [3.63, 3.8) is 0 Å². The molecule has 0 radical (unpaired) electrons. The van der Waals surface area contributed by atoms with E-state index in [1.807, 2.05) is 11.0 Å². The van der Waals surface area contributed by atoms with Gasteiger partial charge in [0.1, 0.15) is 12.4 Å². The maximum Gasteiger partial charge on any atom is 0.243 e. The minimum Gasteiger partial charge on any atom is -0.352 e. The quantitative estimate of drug-likeness (QED) is 0.735. The minimum absolute atomic E-state index is 0.0432. The molecule has 3 fully saturated rings. The topological polar surface area (TPSA) is 96.2 Å². The molecular formula is C22H29N7O2. The van der Waals surface area contributed by atoms with E-state index in [2.05, 4.69) is 50.0 Å². The van der Waals surface area contributed by atoms with E-state index in [9.17, 15) is 9.59 Å². The van der Waals surface area contributed by atoms with Crippen LogP contribution in [0.2, 0.25) is 0 Å². The number of fused-ring (bicyclic) bond motifs is 4. The largest absolute Gasteiger partial charge is 0.352 e. The van der Waals surface area contributed by atoms with Gasteiger partial charge in [-0.2, -0.15) is 0 Å². The second kappa shape index (κ2) is 8.74. The zero-order chi connectivity index (χ0) is 21.2. The molecule has 1 N–H and O–H groups in total. The summed E-state index contributed by atoms with van der Waals surface area (Å²) in [5.41, 5.74) is 1.29. The average Bonchev–Trinajstić information content (AvgIpc) is 3.29. The van der Waals surface area contributed by atoms with Crippen molar-refractivity contribution in [2.45, 2.75) is 50.9 Å². The van der Waals surface area contributed by atoms with E-state index in [1.54, 1.807) is 4.68 Å². The van der Waals surface area contributed by atoms with Crippen molar-refractivity contribution < 1.29 is 9.59 Å². The van der Waals surface area contributed by atoms with Gasteiger partial charge in [-0.1, -0.05) is 30.3 Å². The number of hydrogen-bond donors (Lipinski definition) is 1. The van der Waals surface area contributed by atoms with Crippen LogP contribution in [-0.2, 0) is 22.7 Å². The molecule has 2 amide bonds. The van der Waals surface area contributed by atoms with Crippen LogP contribution in [0.1, 0.15) is 31.2 Å².